The van der Waals surface area contributed by atoms with Crippen LogP contribution >= 0.6 is 22.7 Å². The van der Waals surface area contributed by atoms with Gasteiger partial charge >= 0.3 is 5.97 Å². The molecule has 2 N–H and O–H groups in total. The highest BCUT2D eigenvalue weighted by molar-refractivity contribution is 7.16. The summed E-state index contributed by atoms with van der Waals surface area (Å²) in [4.78, 5) is 27.3. The van der Waals surface area contributed by atoms with E-state index in [9.17, 15) is 9.59 Å². The van der Waals surface area contributed by atoms with Crippen LogP contribution in [0.25, 0.3) is 0 Å². The van der Waals surface area contributed by atoms with Crippen LogP contribution in [0.2, 0.25) is 0 Å². The van der Waals surface area contributed by atoms with Gasteiger partial charge in [-0.2, -0.15) is 0 Å². The zero-order valence-electron chi connectivity index (χ0n) is 19.7. The van der Waals surface area contributed by atoms with E-state index in [2.05, 4.69) is 31.4 Å². The maximum atomic E-state index is 13.1. The molecule has 5 rings (SSSR count). The molecule has 2 aliphatic rings. The smallest absolute Gasteiger partial charge is 0.353 e. The fraction of sp³-hybridized carbons (Fsp3) is 0.385. The van der Waals surface area contributed by atoms with Crippen molar-refractivity contribution < 1.29 is 19.1 Å². The van der Waals surface area contributed by atoms with E-state index < -0.39 is 12.1 Å². The van der Waals surface area contributed by atoms with Crippen molar-refractivity contribution in [2.45, 2.75) is 46.2 Å². The molecule has 1 aliphatic heterocycles. The van der Waals surface area contributed by atoms with Crippen LogP contribution in [0.3, 0.4) is 0 Å². The van der Waals surface area contributed by atoms with Gasteiger partial charge in [0.05, 0.1) is 12.7 Å². The fourth-order valence-corrected chi connectivity index (χ4v) is 6.65. The van der Waals surface area contributed by atoms with E-state index in [4.69, 9.17) is 9.47 Å². The SMILES string of the molecule is COc1cc([C@H]2NC(=O)c3c(sc4c3CC[C@@H](C(C)(C)C)C4)N2)ccc1OC(=O)c1cccs1. The molecule has 0 saturated heterocycles. The molecule has 8 heteroatoms. The maximum Gasteiger partial charge on any atom is 0.353 e. The molecule has 3 aromatic rings. The van der Waals surface area contributed by atoms with Crippen LogP contribution in [0, 0.1) is 11.3 Å². The molecule has 0 radical (unpaired) electrons. The number of anilines is 1. The Hall–Kier alpha value is -2.84. The number of carbonyl (C=O) groups excluding carboxylic acids is 2. The van der Waals surface area contributed by atoms with E-state index in [1.165, 1.54) is 28.9 Å². The number of esters is 1. The van der Waals surface area contributed by atoms with Crippen LogP contribution in [-0.4, -0.2) is 19.0 Å². The molecule has 1 amide bonds. The van der Waals surface area contributed by atoms with Crippen molar-refractivity contribution in [1.82, 2.24) is 5.32 Å². The molecule has 2 aromatic heterocycles. The number of carbonyl (C=O) groups is 2. The van der Waals surface area contributed by atoms with Gasteiger partial charge in [0.1, 0.15) is 16.0 Å². The van der Waals surface area contributed by atoms with Crippen LogP contribution in [0.4, 0.5) is 5.00 Å². The van der Waals surface area contributed by atoms with Crippen molar-refractivity contribution in [3.05, 3.63) is 62.2 Å². The number of thiophene rings is 2. The Morgan fingerprint density at radius 1 is 1.15 bits per heavy atom. The minimum absolute atomic E-state index is 0.0439. The number of ether oxygens (including phenoxy) is 2. The minimum Gasteiger partial charge on any atom is -0.493 e. The Labute approximate surface area is 207 Å². The Balaban J connectivity index is 1.38. The number of benzene rings is 1. The van der Waals surface area contributed by atoms with Gasteiger partial charge in [-0.3, -0.25) is 4.79 Å². The fourth-order valence-electron chi connectivity index (χ4n) is 4.70. The lowest BCUT2D eigenvalue weighted by molar-refractivity contribution is 0.0734. The Morgan fingerprint density at radius 2 is 1.97 bits per heavy atom. The van der Waals surface area contributed by atoms with Gasteiger partial charge in [0, 0.05) is 4.88 Å². The zero-order valence-corrected chi connectivity index (χ0v) is 21.3. The summed E-state index contributed by atoms with van der Waals surface area (Å²) in [5.74, 6) is 0.924. The summed E-state index contributed by atoms with van der Waals surface area (Å²) in [6, 6.07) is 8.86. The van der Waals surface area contributed by atoms with Crippen LogP contribution in [0.1, 0.15) is 69.4 Å². The standard InChI is InChI=1S/C26H28N2O4S2/c1-26(2,3)15-8-9-16-20(13-15)34-24-21(16)23(29)27-22(28-24)14-7-10-17(18(12-14)31-4)32-25(30)19-6-5-11-33-19/h5-7,10-12,15,22,28H,8-9,13H2,1-4H3,(H,27,29)/t15-,22+/m1/s1. The number of hydrogen-bond donors (Lipinski definition) is 2. The summed E-state index contributed by atoms with van der Waals surface area (Å²) < 4.78 is 11.0. The molecule has 3 heterocycles. The average Bonchev–Trinajstić information content (AvgIpc) is 3.46. The first-order valence-electron chi connectivity index (χ1n) is 11.4. The summed E-state index contributed by atoms with van der Waals surface area (Å²) in [5.41, 5.74) is 3.09. The topological polar surface area (TPSA) is 76.7 Å². The molecule has 2 atom stereocenters. The largest absolute Gasteiger partial charge is 0.493 e. The molecule has 1 aromatic carbocycles. The monoisotopic (exact) mass is 496 g/mol. The summed E-state index contributed by atoms with van der Waals surface area (Å²) >= 11 is 3.03. The second-order valence-electron chi connectivity index (χ2n) is 9.84. The molecule has 1 aliphatic carbocycles. The molecule has 0 spiro atoms. The lowest BCUT2D eigenvalue weighted by atomic mass is 9.72. The quantitative estimate of drug-likeness (QED) is 0.340. The van der Waals surface area contributed by atoms with E-state index in [-0.39, 0.29) is 11.3 Å². The summed E-state index contributed by atoms with van der Waals surface area (Å²) in [5, 5.41) is 9.37. The highest BCUT2D eigenvalue weighted by Crippen LogP contribution is 2.46. The Morgan fingerprint density at radius 3 is 2.68 bits per heavy atom. The summed E-state index contributed by atoms with van der Waals surface area (Å²) in [6.45, 7) is 6.89. The van der Waals surface area contributed by atoms with Gasteiger partial charge in [0.15, 0.2) is 11.5 Å². The third-order valence-electron chi connectivity index (χ3n) is 6.71. The van der Waals surface area contributed by atoms with Gasteiger partial charge in [-0.25, -0.2) is 4.79 Å². The second-order valence-corrected chi connectivity index (χ2v) is 11.9. The molecule has 6 nitrogen and oxygen atoms in total. The average molecular weight is 497 g/mol. The zero-order chi connectivity index (χ0) is 24.0. The van der Waals surface area contributed by atoms with Crippen LogP contribution < -0.4 is 20.1 Å². The molecule has 178 valence electrons. The van der Waals surface area contributed by atoms with Crippen molar-refractivity contribution in [2.75, 3.05) is 12.4 Å². The minimum atomic E-state index is -0.424. The number of rotatable bonds is 4. The van der Waals surface area contributed by atoms with E-state index in [0.29, 0.717) is 22.3 Å². The number of fused-ring (bicyclic) bond motifs is 3. The molecule has 0 fully saturated rings. The van der Waals surface area contributed by atoms with Crippen LogP contribution in [-0.2, 0) is 12.8 Å². The Kier molecular flexibility index (Phi) is 5.90. The van der Waals surface area contributed by atoms with Crippen molar-refractivity contribution >= 4 is 39.6 Å². The van der Waals surface area contributed by atoms with Crippen molar-refractivity contribution in [3.63, 3.8) is 0 Å². The first-order chi connectivity index (χ1) is 16.2. The second kappa shape index (κ2) is 8.74. The summed E-state index contributed by atoms with van der Waals surface area (Å²) in [6.07, 6.45) is 2.68. The van der Waals surface area contributed by atoms with E-state index in [1.807, 2.05) is 11.4 Å². The molecular weight excluding hydrogens is 468 g/mol. The van der Waals surface area contributed by atoms with Gasteiger partial charge in [0.2, 0.25) is 0 Å². The number of amides is 1. The predicted octanol–water partition coefficient (Wildman–Crippen LogP) is 6.04. The van der Waals surface area contributed by atoms with E-state index in [0.717, 1.165) is 35.4 Å². The lowest BCUT2D eigenvalue weighted by Gasteiger charge is -2.34. The number of nitrogens with one attached hydrogen (secondary N) is 2. The summed E-state index contributed by atoms with van der Waals surface area (Å²) in [7, 11) is 1.53. The predicted molar refractivity (Wildman–Crippen MR) is 135 cm³/mol. The Bertz CT molecular complexity index is 1240. The van der Waals surface area contributed by atoms with E-state index >= 15 is 0 Å². The van der Waals surface area contributed by atoms with Gasteiger partial charge in [0.25, 0.3) is 5.91 Å². The highest BCUT2D eigenvalue weighted by atomic mass is 32.1. The van der Waals surface area contributed by atoms with Gasteiger partial charge in [-0.1, -0.05) is 32.9 Å². The van der Waals surface area contributed by atoms with Gasteiger partial charge in [-0.05, 0) is 65.3 Å². The van der Waals surface area contributed by atoms with E-state index in [1.54, 1.807) is 35.6 Å². The molecule has 0 bridgehead atoms. The highest BCUT2D eigenvalue weighted by Gasteiger charge is 2.36. The van der Waals surface area contributed by atoms with Crippen molar-refractivity contribution in [3.8, 4) is 11.5 Å². The normalized spacial score (nSPS) is 19.5. The first-order valence-corrected chi connectivity index (χ1v) is 13.1. The van der Waals surface area contributed by atoms with Crippen LogP contribution in [0.15, 0.2) is 35.7 Å². The maximum absolute atomic E-state index is 13.1. The number of hydrogen-bond acceptors (Lipinski definition) is 7. The third-order valence-corrected chi connectivity index (χ3v) is 8.75. The lowest BCUT2D eigenvalue weighted by Crippen LogP contribution is -2.38. The van der Waals surface area contributed by atoms with Crippen LogP contribution in [0.5, 0.6) is 11.5 Å². The van der Waals surface area contributed by atoms with Gasteiger partial charge < -0.3 is 20.1 Å². The molecule has 34 heavy (non-hydrogen) atoms. The molecule has 0 unspecified atom stereocenters. The van der Waals surface area contributed by atoms with Crippen molar-refractivity contribution in [1.29, 1.82) is 0 Å². The first kappa shape index (κ1) is 22.9. The molecular formula is C26H28N2O4S2. The van der Waals surface area contributed by atoms with Crippen molar-refractivity contribution in [2.24, 2.45) is 11.3 Å². The number of methoxy groups -OCH3 is 1. The van der Waals surface area contributed by atoms with Gasteiger partial charge in [-0.15, -0.1) is 22.7 Å². The third kappa shape index (κ3) is 4.20. The molecule has 0 saturated carbocycles.